The molecule has 0 bridgehead atoms. The third-order valence-electron chi connectivity index (χ3n) is 3.63. The average Bonchev–Trinajstić information content (AvgIpc) is 2.50. The maximum absolute atomic E-state index is 12.0. The fraction of sp³-hybridized carbons (Fsp3) is 0.917. The van der Waals surface area contributed by atoms with E-state index in [2.05, 4.69) is 0 Å². The van der Waals surface area contributed by atoms with Crippen molar-refractivity contribution in [1.82, 2.24) is 0 Å². The van der Waals surface area contributed by atoms with Gasteiger partial charge < -0.3 is 45.6 Å². The largest absolute Gasteiger partial charge is 0.394 e. The van der Waals surface area contributed by atoms with E-state index in [1.165, 1.54) is 0 Å². The molecule has 1 unspecified atom stereocenters. The summed E-state index contributed by atoms with van der Waals surface area (Å²) >= 11 is 0. The van der Waals surface area contributed by atoms with Gasteiger partial charge in [0.1, 0.15) is 48.8 Å². The highest BCUT2D eigenvalue weighted by Gasteiger charge is 2.49. The summed E-state index contributed by atoms with van der Waals surface area (Å²) in [7, 11) is 0. The first-order valence-corrected chi connectivity index (χ1v) is 6.70. The van der Waals surface area contributed by atoms with Gasteiger partial charge in [-0.05, 0) is 6.92 Å². The molecule has 10 nitrogen and oxygen atoms in total. The number of ketones is 1. The van der Waals surface area contributed by atoms with Crippen LogP contribution in [0.15, 0.2) is 0 Å². The molecule has 0 aromatic heterocycles. The minimum Gasteiger partial charge on any atom is -0.394 e. The minimum absolute atomic E-state index is 0.760. The molecule has 0 aromatic carbocycles. The summed E-state index contributed by atoms with van der Waals surface area (Å²) in [5.41, 5.74) is 0. The number of Topliss-reactive ketones (excluding diaryl/α,β-unsaturated/α-hetero) is 1. The van der Waals surface area contributed by atoms with Gasteiger partial charge >= 0.3 is 0 Å². The quantitative estimate of drug-likeness (QED) is 0.234. The topological polar surface area (TPSA) is 188 Å². The highest BCUT2D eigenvalue weighted by Crippen LogP contribution is 2.23. The lowest BCUT2D eigenvalue weighted by Crippen LogP contribution is -2.63. The smallest absolute Gasteiger partial charge is 0.195 e. The molecule has 10 heteroatoms. The lowest BCUT2D eigenvalue weighted by atomic mass is 9.89. The van der Waals surface area contributed by atoms with Crippen LogP contribution in [-0.2, 0) is 9.53 Å². The second-order valence-electron chi connectivity index (χ2n) is 5.32. The molecule has 0 radical (unpaired) electrons. The zero-order chi connectivity index (χ0) is 17.2. The Bertz CT molecular complexity index is 373. The molecular weight excluding hydrogens is 304 g/mol. The summed E-state index contributed by atoms with van der Waals surface area (Å²) in [6.07, 6.45) is -16.1. The number of aliphatic hydroxyl groups is 8. The van der Waals surface area contributed by atoms with Gasteiger partial charge in [-0.3, -0.25) is 4.79 Å². The molecule has 22 heavy (non-hydrogen) atoms. The van der Waals surface area contributed by atoms with Crippen molar-refractivity contribution in [2.45, 2.75) is 61.9 Å². The highest BCUT2D eigenvalue weighted by molar-refractivity contribution is 5.88. The third kappa shape index (κ3) is 3.79. The summed E-state index contributed by atoms with van der Waals surface area (Å²) in [5, 5.41) is 75.7. The first-order valence-electron chi connectivity index (χ1n) is 6.70. The van der Waals surface area contributed by atoms with Crippen LogP contribution in [0.3, 0.4) is 0 Å². The molecule has 9 atom stereocenters. The van der Waals surface area contributed by atoms with E-state index in [1.54, 1.807) is 0 Å². The number of rotatable bonds is 6. The summed E-state index contributed by atoms with van der Waals surface area (Å²) in [4.78, 5) is 12.0. The van der Waals surface area contributed by atoms with Crippen LogP contribution in [0.4, 0.5) is 0 Å². The van der Waals surface area contributed by atoms with Crippen LogP contribution in [0.5, 0.6) is 0 Å². The second kappa shape index (κ2) is 7.73. The van der Waals surface area contributed by atoms with E-state index in [0.717, 1.165) is 6.92 Å². The highest BCUT2D eigenvalue weighted by atomic mass is 16.5. The summed E-state index contributed by atoms with van der Waals surface area (Å²) in [5.74, 6) is -1.27. The van der Waals surface area contributed by atoms with Crippen LogP contribution in [0.1, 0.15) is 6.92 Å². The molecule has 1 fully saturated rings. The standard InChI is InChI=1S/C12H22O10/c1-3(14)5(15)7(17)9(19)11(21)12-10(20)8(18)6(16)4(2-13)22-12/h3-10,12-20H,2H2,1H3/t3-,4-,5-,6+,7+,8+,9+,10-,12?/m1/s1. The van der Waals surface area contributed by atoms with E-state index in [4.69, 9.17) is 14.9 Å². The Balaban J connectivity index is 2.86. The van der Waals surface area contributed by atoms with Crippen molar-refractivity contribution in [2.24, 2.45) is 0 Å². The maximum atomic E-state index is 12.0. The number of hydrogen-bond donors (Lipinski definition) is 8. The number of hydrogen-bond acceptors (Lipinski definition) is 10. The van der Waals surface area contributed by atoms with Crippen molar-refractivity contribution < 1.29 is 50.4 Å². The molecule has 8 N–H and O–H groups in total. The molecule has 1 aliphatic rings. The summed E-state index contributed by atoms with van der Waals surface area (Å²) < 4.78 is 4.93. The molecule has 1 aliphatic heterocycles. The number of carbonyl (C=O) groups is 1. The first kappa shape index (κ1) is 19.4. The molecule has 0 spiro atoms. The van der Waals surface area contributed by atoms with Crippen molar-refractivity contribution in [3.63, 3.8) is 0 Å². The SMILES string of the molecule is C[C@@H](O)[C@@H](O)[C@H](O)[C@H](O)C(=O)C1O[C@H](CO)[C@H](O)[C@H](O)[C@H]1O. The van der Waals surface area contributed by atoms with Crippen LogP contribution in [-0.4, -0.2) is 108 Å². The summed E-state index contributed by atoms with van der Waals surface area (Å²) in [6.45, 7) is 0.364. The van der Waals surface area contributed by atoms with Gasteiger partial charge in [-0.1, -0.05) is 0 Å². The van der Waals surface area contributed by atoms with Crippen molar-refractivity contribution in [2.75, 3.05) is 6.61 Å². The first-order chi connectivity index (χ1) is 10.1. The Labute approximate surface area is 125 Å². The van der Waals surface area contributed by atoms with E-state index < -0.39 is 67.3 Å². The molecule has 0 aromatic rings. The fourth-order valence-corrected chi connectivity index (χ4v) is 2.15. The van der Waals surface area contributed by atoms with Crippen molar-refractivity contribution in [3.05, 3.63) is 0 Å². The predicted molar refractivity (Wildman–Crippen MR) is 68.5 cm³/mol. The maximum Gasteiger partial charge on any atom is 0.195 e. The van der Waals surface area contributed by atoms with Crippen molar-refractivity contribution in [1.29, 1.82) is 0 Å². The molecule has 0 saturated carbocycles. The molecular formula is C12H22O10. The molecule has 130 valence electrons. The Hall–Kier alpha value is -0.690. The van der Waals surface area contributed by atoms with Gasteiger partial charge in [0.2, 0.25) is 0 Å². The monoisotopic (exact) mass is 326 g/mol. The Morgan fingerprint density at radius 3 is 2.00 bits per heavy atom. The Morgan fingerprint density at radius 2 is 1.55 bits per heavy atom. The lowest BCUT2D eigenvalue weighted by Gasteiger charge is -2.40. The van der Waals surface area contributed by atoms with Crippen LogP contribution < -0.4 is 0 Å². The van der Waals surface area contributed by atoms with Crippen LogP contribution in [0, 0.1) is 0 Å². The number of carbonyl (C=O) groups excluding carboxylic acids is 1. The van der Waals surface area contributed by atoms with Gasteiger partial charge in [0, 0.05) is 0 Å². The van der Waals surface area contributed by atoms with Crippen LogP contribution in [0.2, 0.25) is 0 Å². The van der Waals surface area contributed by atoms with E-state index in [9.17, 15) is 35.4 Å². The summed E-state index contributed by atoms with van der Waals surface area (Å²) in [6, 6.07) is 0. The second-order valence-corrected chi connectivity index (χ2v) is 5.32. The fourth-order valence-electron chi connectivity index (χ4n) is 2.15. The van der Waals surface area contributed by atoms with E-state index in [-0.39, 0.29) is 0 Å². The van der Waals surface area contributed by atoms with Crippen molar-refractivity contribution in [3.8, 4) is 0 Å². The zero-order valence-corrected chi connectivity index (χ0v) is 11.8. The van der Waals surface area contributed by atoms with Crippen molar-refractivity contribution >= 4 is 5.78 Å². The Kier molecular flexibility index (Phi) is 6.80. The van der Waals surface area contributed by atoms with Gasteiger partial charge in [-0.25, -0.2) is 0 Å². The molecule has 1 heterocycles. The minimum atomic E-state index is -2.22. The van der Waals surface area contributed by atoms with Gasteiger partial charge in [0.25, 0.3) is 0 Å². The molecule has 0 amide bonds. The van der Waals surface area contributed by atoms with Gasteiger partial charge in [0.05, 0.1) is 12.7 Å². The van der Waals surface area contributed by atoms with Gasteiger partial charge in [-0.15, -0.1) is 0 Å². The van der Waals surface area contributed by atoms with Gasteiger partial charge in [0.15, 0.2) is 5.78 Å². The predicted octanol–water partition coefficient (Wildman–Crippen LogP) is -5.14. The molecule has 1 rings (SSSR count). The van der Waals surface area contributed by atoms with E-state index in [0.29, 0.717) is 0 Å². The number of aliphatic hydroxyl groups excluding tert-OH is 8. The zero-order valence-electron chi connectivity index (χ0n) is 11.8. The van der Waals surface area contributed by atoms with Gasteiger partial charge in [-0.2, -0.15) is 0 Å². The number of ether oxygens (including phenoxy) is 1. The van der Waals surface area contributed by atoms with Crippen LogP contribution in [0.25, 0.3) is 0 Å². The lowest BCUT2D eigenvalue weighted by molar-refractivity contribution is -0.231. The molecule has 1 saturated heterocycles. The van der Waals surface area contributed by atoms with E-state index >= 15 is 0 Å². The normalized spacial score (nSPS) is 38.1. The average molecular weight is 326 g/mol. The third-order valence-corrected chi connectivity index (χ3v) is 3.63. The van der Waals surface area contributed by atoms with Crippen LogP contribution >= 0.6 is 0 Å². The van der Waals surface area contributed by atoms with E-state index in [1.807, 2.05) is 0 Å². The molecule has 0 aliphatic carbocycles. The Morgan fingerprint density at radius 1 is 1.00 bits per heavy atom.